The van der Waals surface area contributed by atoms with Crippen LogP contribution in [0.15, 0.2) is 24.3 Å². The third kappa shape index (κ3) is 5.69. The van der Waals surface area contributed by atoms with Crippen molar-refractivity contribution >= 4 is 5.69 Å². The van der Waals surface area contributed by atoms with Crippen LogP contribution in [0.3, 0.4) is 0 Å². The summed E-state index contributed by atoms with van der Waals surface area (Å²) in [6.07, 6.45) is -0.606. The first-order valence-corrected chi connectivity index (χ1v) is 7.12. The highest BCUT2D eigenvalue weighted by Crippen LogP contribution is 2.17. The van der Waals surface area contributed by atoms with E-state index in [1.54, 1.807) is 0 Å². The van der Waals surface area contributed by atoms with Crippen LogP contribution in [0.2, 0.25) is 0 Å². The molecule has 0 aliphatic heterocycles. The fourth-order valence-electron chi connectivity index (χ4n) is 2.17. The van der Waals surface area contributed by atoms with Crippen molar-refractivity contribution in [2.75, 3.05) is 13.2 Å². The maximum atomic E-state index is 10.5. The van der Waals surface area contributed by atoms with Gasteiger partial charge in [-0.1, -0.05) is 0 Å². The number of non-ortho nitro benzene ring substituents is 1. The van der Waals surface area contributed by atoms with Crippen LogP contribution in [-0.4, -0.2) is 46.3 Å². The van der Waals surface area contributed by atoms with Crippen molar-refractivity contribution in [1.29, 1.82) is 0 Å². The molecule has 1 aromatic carbocycles. The first-order chi connectivity index (χ1) is 9.81. The zero-order valence-corrected chi connectivity index (χ0v) is 13.0. The van der Waals surface area contributed by atoms with E-state index in [1.165, 1.54) is 24.3 Å². The van der Waals surface area contributed by atoms with Gasteiger partial charge in [0.1, 0.15) is 18.5 Å². The van der Waals surface area contributed by atoms with Gasteiger partial charge in [-0.25, -0.2) is 0 Å². The monoisotopic (exact) mass is 296 g/mol. The molecule has 1 aromatic rings. The minimum absolute atomic E-state index is 0.0219. The third-order valence-electron chi connectivity index (χ3n) is 3.24. The Morgan fingerprint density at radius 2 is 1.71 bits per heavy atom. The Balaban J connectivity index is 2.48. The van der Waals surface area contributed by atoms with Crippen LogP contribution in [-0.2, 0) is 0 Å². The summed E-state index contributed by atoms with van der Waals surface area (Å²) >= 11 is 0. The molecule has 0 spiro atoms. The fourth-order valence-corrected chi connectivity index (χ4v) is 2.17. The smallest absolute Gasteiger partial charge is 0.269 e. The third-order valence-corrected chi connectivity index (χ3v) is 3.24. The standard InChI is InChI=1S/C15H24N2O4/c1-11(2)16(12(3)4)9-14(18)10-21-15-7-5-13(6-8-15)17(19)20/h5-8,11-12,14,18H,9-10H2,1-4H3. The van der Waals surface area contributed by atoms with Crippen molar-refractivity contribution in [2.24, 2.45) is 0 Å². The van der Waals surface area contributed by atoms with Gasteiger partial charge >= 0.3 is 0 Å². The molecule has 1 atom stereocenters. The summed E-state index contributed by atoms with van der Waals surface area (Å²) in [5, 5.41) is 20.6. The fraction of sp³-hybridized carbons (Fsp3) is 0.600. The van der Waals surface area contributed by atoms with E-state index in [1.807, 2.05) is 0 Å². The molecule has 0 saturated carbocycles. The summed E-state index contributed by atoms with van der Waals surface area (Å²) in [6, 6.07) is 6.53. The predicted octanol–water partition coefficient (Wildman–Crippen LogP) is 2.45. The van der Waals surface area contributed by atoms with Gasteiger partial charge in [0.15, 0.2) is 0 Å². The maximum absolute atomic E-state index is 10.5. The van der Waals surface area contributed by atoms with Gasteiger partial charge in [0.2, 0.25) is 0 Å². The van der Waals surface area contributed by atoms with E-state index in [9.17, 15) is 15.2 Å². The first kappa shape index (κ1) is 17.4. The summed E-state index contributed by atoms with van der Waals surface area (Å²) in [4.78, 5) is 12.3. The Morgan fingerprint density at radius 3 is 2.14 bits per heavy atom. The van der Waals surface area contributed by atoms with Gasteiger partial charge in [-0.2, -0.15) is 0 Å². The molecule has 0 saturated heterocycles. The van der Waals surface area contributed by atoms with Crippen molar-refractivity contribution in [3.8, 4) is 5.75 Å². The molecule has 0 aliphatic carbocycles. The van der Waals surface area contributed by atoms with Gasteiger partial charge in [-0.05, 0) is 39.8 Å². The number of hydrogen-bond acceptors (Lipinski definition) is 5. The number of benzene rings is 1. The van der Waals surface area contributed by atoms with Crippen LogP contribution >= 0.6 is 0 Å². The van der Waals surface area contributed by atoms with Crippen molar-refractivity contribution in [3.05, 3.63) is 34.4 Å². The highest BCUT2D eigenvalue weighted by atomic mass is 16.6. The lowest BCUT2D eigenvalue weighted by atomic mass is 10.2. The zero-order valence-electron chi connectivity index (χ0n) is 13.0. The number of nitro benzene ring substituents is 1. The van der Waals surface area contributed by atoms with E-state index < -0.39 is 11.0 Å². The van der Waals surface area contributed by atoms with Crippen LogP contribution < -0.4 is 4.74 Å². The summed E-state index contributed by atoms with van der Waals surface area (Å²) in [7, 11) is 0. The molecule has 118 valence electrons. The summed E-state index contributed by atoms with van der Waals surface area (Å²) in [6.45, 7) is 9.04. The Morgan fingerprint density at radius 1 is 1.19 bits per heavy atom. The molecule has 0 aromatic heterocycles. The molecule has 0 bridgehead atoms. The first-order valence-electron chi connectivity index (χ1n) is 7.12. The molecule has 0 heterocycles. The van der Waals surface area contributed by atoms with Crippen LogP contribution in [0.25, 0.3) is 0 Å². The summed E-state index contributed by atoms with van der Waals surface area (Å²) < 4.78 is 5.46. The van der Waals surface area contributed by atoms with Crippen molar-refractivity contribution < 1.29 is 14.8 Å². The van der Waals surface area contributed by atoms with Gasteiger partial charge in [0, 0.05) is 30.8 Å². The Bertz CT molecular complexity index is 437. The molecule has 1 N–H and O–H groups in total. The topological polar surface area (TPSA) is 75.8 Å². The maximum Gasteiger partial charge on any atom is 0.269 e. The average Bonchev–Trinajstić information content (AvgIpc) is 2.42. The lowest BCUT2D eigenvalue weighted by Gasteiger charge is -2.32. The second-order valence-electron chi connectivity index (χ2n) is 5.60. The molecule has 6 heteroatoms. The lowest BCUT2D eigenvalue weighted by Crippen LogP contribution is -2.43. The number of nitro groups is 1. The van der Waals surface area contributed by atoms with Crippen LogP contribution in [0.5, 0.6) is 5.75 Å². The highest BCUT2D eigenvalue weighted by molar-refractivity contribution is 5.35. The number of nitrogens with zero attached hydrogens (tertiary/aromatic N) is 2. The lowest BCUT2D eigenvalue weighted by molar-refractivity contribution is -0.384. The summed E-state index contributed by atoms with van der Waals surface area (Å²) in [5.41, 5.74) is 0.0219. The van der Waals surface area contributed by atoms with Crippen LogP contribution in [0, 0.1) is 10.1 Å². The van der Waals surface area contributed by atoms with E-state index in [2.05, 4.69) is 32.6 Å². The highest BCUT2D eigenvalue weighted by Gasteiger charge is 2.18. The molecule has 0 radical (unpaired) electrons. The number of aliphatic hydroxyl groups excluding tert-OH is 1. The van der Waals surface area contributed by atoms with E-state index >= 15 is 0 Å². The van der Waals surface area contributed by atoms with Crippen LogP contribution in [0.4, 0.5) is 5.69 Å². The van der Waals surface area contributed by atoms with E-state index in [0.29, 0.717) is 24.4 Å². The molecular weight excluding hydrogens is 272 g/mol. The molecule has 0 aliphatic rings. The number of aliphatic hydroxyl groups is 1. The van der Waals surface area contributed by atoms with Crippen LogP contribution in [0.1, 0.15) is 27.7 Å². The molecular formula is C15H24N2O4. The number of hydrogen-bond donors (Lipinski definition) is 1. The van der Waals surface area contributed by atoms with Crippen molar-refractivity contribution in [1.82, 2.24) is 4.90 Å². The zero-order chi connectivity index (χ0) is 16.0. The number of rotatable bonds is 8. The van der Waals surface area contributed by atoms with E-state index in [0.717, 1.165) is 0 Å². The Kier molecular flexibility index (Phi) is 6.58. The minimum atomic E-state index is -0.606. The second kappa shape index (κ2) is 7.95. The van der Waals surface area contributed by atoms with Gasteiger partial charge in [0.05, 0.1) is 4.92 Å². The largest absolute Gasteiger partial charge is 0.491 e. The van der Waals surface area contributed by atoms with E-state index in [4.69, 9.17) is 4.74 Å². The van der Waals surface area contributed by atoms with Crippen molar-refractivity contribution in [2.45, 2.75) is 45.9 Å². The molecule has 0 fully saturated rings. The minimum Gasteiger partial charge on any atom is -0.491 e. The SMILES string of the molecule is CC(C)N(CC(O)COc1ccc([N+](=O)[O-])cc1)C(C)C. The molecule has 21 heavy (non-hydrogen) atoms. The second-order valence-corrected chi connectivity index (χ2v) is 5.60. The Labute approximate surface area is 125 Å². The van der Waals surface area contributed by atoms with Gasteiger partial charge in [-0.15, -0.1) is 0 Å². The molecule has 0 amide bonds. The molecule has 1 rings (SSSR count). The van der Waals surface area contributed by atoms with E-state index in [-0.39, 0.29) is 12.3 Å². The normalized spacial score (nSPS) is 13.0. The van der Waals surface area contributed by atoms with Gasteiger partial charge in [-0.3, -0.25) is 15.0 Å². The van der Waals surface area contributed by atoms with Gasteiger partial charge in [0.25, 0.3) is 5.69 Å². The Hall–Kier alpha value is -1.66. The van der Waals surface area contributed by atoms with Gasteiger partial charge < -0.3 is 9.84 Å². The molecule has 1 unspecified atom stereocenters. The predicted molar refractivity (Wildman–Crippen MR) is 81.6 cm³/mol. The van der Waals surface area contributed by atoms with Crippen molar-refractivity contribution in [3.63, 3.8) is 0 Å². The number of ether oxygens (including phenoxy) is 1. The quantitative estimate of drug-likeness (QED) is 0.589. The average molecular weight is 296 g/mol. The summed E-state index contributed by atoms with van der Waals surface area (Å²) in [5.74, 6) is 0.514. The molecule has 6 nitrogen and oxygen atoms in total.